The number of aldehydes is 2. The van der Waals surface area contributed by atoms with Crippen LogP contribution >= 0.6 is 0 Å². The zero-order chi connectivity index (χ0) is 24.2. The highest BCUT2D eigenvalue weighted by Gasteiger charge is 2.34. The first-order valence-corrected chi connectivity index (χ1v) is 12.3. The summed E-state index contributed by atoms with van der Waals surface area (Å²) in [6.07, 6.45) is 5.94. The second-order valence-electron chi connectivity index (χ2n) is 9.37. The summed E-state index contributed by atoms with van der Waals surface area (Å²) in [5.74, 6) is 1.11. The fourth-order valence-corrected chi connectivity index (χ4v) is 5.11. The molecule has 7 heteroatoms. The smallest absolute Gasteiger partial charge is 0.255 e. The number of carbonyl (C=O) groups is 3. The van der Waals surface area contributed by atoms with Gasteiger partial charge in [-0.15, -0.1) is 0 Å². The van der Waals surface area contributed by atoms with E-state index in [2.05, 4.69) is 17.0 Å². The van der Waals surface area contributed by atoms with Gasteiger partial charge in [0, 0.05) is 29.5 Å². The summed E-state index contributed by atoms with van der Waals surface area (Å²) in [4.78, 5) is 39.2. The van der Waals surface area contributed by atoms with E-state index in [1.54, 1.807) is 12.1 Å². The molecular weight excluding hydrogens is 444 g/mol. The molecule has 2 aliphatic rings. The van der Waals surface area contributed by atoms with Crippen molar-refractivity contribution in [3.8, 4) is 5.75 Å². The third-order valence-electron chi connectivity index (χ3n) is 6.95. The number of furan rings is 1. The molecule has 0 bridgehead atoms. The van der Waals surface area contributed by atoms with Gasteiger partial charge >= 0.3 is 0 Å². The standard InChI is InChI=1S/C28H30N2O5/c31-13-5-6-22(18-32)30-17-25-24(28(30)33)7-4-8-27(25)34-19-23-15-21-14-20(9-10-26(21)35-23)16-29-11-2-1-3-12-29/h4,7-10,13-15,18,22H,1-3,5-6,11-12,16-17,19H2. The monoisotopic (exact) mass is 474 g/mol. The molecule has 2 aliphatic heterocycles. The van der Waals surface area contributed by atoms with E-state index in [-0.39, 0.29) is 25.5 Å². The summed E-state index contributed by atoms with van der Waals surface area (Å²) in [7, 11) is 0. The SMILES string of the molecule is O=CCCC(C=O)N1Cc2c(OCc3cc4cc(CN5CCCCC5)ccc4o3)cccc2C1=O. The Kier molecular flexibility index (Phi) is 6.95. The second-order valence-corrected chi connectivity index (χ2v) is 9.37. The number of piperidine rings is 1. The Morgan fingerprint density at radius 2 is 1.91 bits per heavy atom. The number of ether oxygens (including phenoxy) is 1. The van der Waals surface area contributed by atoms with Crippen LogP contribution in [-0.2, 0) is 29.3 Å². The number of fused-ring (bicyclic) bond motifs is 2. The van der Waals surface area contributed by atoms with E-state index >= 15 is 0 Å². The van der Waals surface area contributed by atoms with E-state index in [4.69, 9.17) is 9.15 Å². The van der Waals surface area contributed by atoms with Gasteiger partial charge in [-0.2, -0.15) is 0 Å². The van der Waals surface area contributed by atoms with Gasteiger partial charge in [-0.25, -0.2) is 0 Å². The average molecular weight is 475 g/mol. The third-order valence-corrected chi connectivity index (χ3v) is 6.95. The molecule has 3 aromatic rings. The van der Waals surface area contributed by atoms with Crippen LogP contribution in [0.25, 0.3) is 11.0 Å². The fourth-order valence-electron chi connectivity index (χ4n) is 5.11. The second kappa shape index (κ2) is 10.4. The summed E-state index contributed by atoms with van der Waals surface area (Å²) in [5, 5.41) is 1.06. The Balaban J connectivity index is 1.27. The van der Waals surface area contributed by atoms with Crippen molar-refractivity contribution in [1.82, 2.24) is 9.80 Å². The predicted octanol–water partition coefficient (Wildman–Crippen LogP) is 4.50. The van der Waals surface area contributed by atoms with Crippen LogP contribution in [0.15, 0.2) is 46.9 Å². The summed E-state index contributed by atoms with van der Waals surface area (Å²) < 4.78 is 12.1. The molecule has 35 heavy (non-hydrogen) atoms. The van der Waals surface area contributed by atoms with Gasteiger partial charge in [-0.05, 0) is 68.2 Å². The van der Waals surface area contributed by atoms with Crippen molar-refractivity contribution < 1.29 is 23.5 Å². The maximum absolute atomic E-state index is 12.9. The lowest BCUT2D eigenvalue weighted by Crippen LogP contribution is -2.36. The molecule has 5 rings (SSSR count). The summed E-state index contributed by atoms with van der Waals surface area (Å²) in [6.45, 7) is 3.81. The molecule has 1 atom stereocenters. The van der Waals surface area contributed by atoms with E-state index in [0.29, 0.717) is 23.5 Å². The summed E-state index contributed by atoms with van der Waals surface area (Å²) >= 11 is 0. The van der Waals surface area contributed by atoms with Crippen LogP contribution in [0.5, 0.6) is 5.75 Å². The largest absolute Gasteiger partial charge is 0.485 e. The number of benzene rings is 2. The third kappa shape index (κ3) is 5.00. The van der Waals surface area contributed by atoms with Crippen LogP contribution < -0.4 is 4.74 Å². The highest BCUT2D eigenvalue weighted by Crippen LogP contribution is 2.33. The van der Waals surface area contributed by atoms with Gasteiger partial charge < -0.3 is 23.6 Å². The molecule has 0 aliphatic carbocycles. The first-order valence-electron chi connectivity index (χ1n) is 12.3. The van der Waals surface area contributed by atoms with Crippen LogP contribution in [0.2, 0.25) is 0 Å². The minimum Gasteiger partial charge on any atom is -0.485 e. The Morgan fingerprint density at radius 3 is 2.71 bits per heavy atom. The number of likely N-dealkylation sites (tertiary alicyclic amines) is 1. The number of hydrogen-bond donors (Lipinski definition) is 0. The minimum atomic E-state index is -0.623. The first kappa shape index (κ1) is 23.3. The highest BCUT2D eigenvalue weighted by atomic mass is 16.5. The van der Waals surface area contributed by atoms with Crippen LogP contribution in [0.3, 0.4) is 0 Å². The van der Waals surface area contributed by atoms with Gasteiger partial charge in [-0.1, -0.05) is 18.6 Å². The normalized spacial score (nSPS) is 16.9. The molecule has 1 unspecified atom stereocenters. The topological polar surface area (TPSA) is 80.1 Å². The van der Waals surface area contributed by atoms with E-state index in [1.807, 2.05) is 18.2 Å². The van der Waals surface area contributed by atoms with Crippen molar-refractivity contribution in [3.05, 3.63) is 64.9 Å². The van der Waals surface area contributed by atoms with Crippen LogP contribution in [-0.4, -0.2) is 47.4 Å². The number of nitrogens with zero attached hydrogens (tertiary/aromatic N) is 2. The number of hydrogen-bond acceptors (Lipinski definition) is 6. The Bertz CT molecular complexity index is 1230. The zero-order valence-corrected chi connectivity index (χ0v) is 19.8. The fraction of sp³-hybridized carbons (Fsp3) is 0.393. The number of rotatable bonds is 10. The van der Waals surface area contributed by atoms with Gasteiger partial charge in [0.15, 0.2) is 0 Å². The molecule has 1 saturated heterocycles. The van der Waals surface area contributed by atoms with E-state index < -0.39 is 6.04 Å². The van der Waals surface area contributed by atoms with Crippen molar-refractivity contribution in [2.45, 2.75) is 57.8 Å². The maximum Gasteiger partial charge on any atom is 0.255 e. The van der Waals surface area contributed by atoms with Crippen molar-refractivity contribution in [2.75, 3.05) is 13.1 Å². The quantitative estimate of drug-likeness (QED) is 0.403. The molecule has 3 heterocycles. The maximum atomic E-state index is 12.9. The molecule has 2 aromatic carbocycles. The molecule has 0 saturated carbocycles. The van der Waals surface area contributed by atoms with E-state index in [1.165, 1.54) is 29.7 Å². The molecule has 1 amide bonds. The Morgan fingerprint density at radius 1 is 1.06 bits per heavy atom. The minimum absolute atomic E-state index is 0.210. The van der Waals surface area contributed by atoms with E-state index in [0.717, 1.165) is 48.7 Å². The van der Waals surface area contributed by atoms with E-state index in [9.17, 15) is 14.4 Å². The Hall–Kier alpha value is -3.45. The molecule has 0 radical (unpaired) electrons. The van der Waals surface area contributed by atoms with Crippen LogP contribution in [0.4, 0.5) is 0 Å². The lowest BCUT2D eigenvalue weighted by molar-refractivity contribution is -0.112. The zero-order valence-electron chi connectivity index (χ0n) is 19.8. The Labute approximate surface area is 204 Å². The summed E-state index contributed by atoms with van der Waals surface area (Å²) in [6, 6.07) is 13.1. The van der Waals surface area contributed by atoms with Gasteiger partial charge in [0.05, 0.1) is 12.6 Å². The molecule has 1 aromatic heterocycles. The molecule has 1 fully saturated rings. The first-order chi connectivity index (χ1) is 17.2. The predicted molar refractivity (Wildman–Crippen MR) is 131 cm³/mol. The highest BCUT2D eigenvalue weighted by molar-refractivity contribution is 6.00. The lowest BCUT2D eigenvalue weighted by atomic mass is 10.1. The van der Waals surface area contributed by atoms with Crippen molar-refractivity contribution >= 4 is 29.4 Å². The van der Waals surface area contributed by atoms with Crippen LogP contribution in [0.1, 0.15) is 59.3 Å². The molecule has 7 nitrogen and oxygen atoms in total. The van der Waals surface area contributed by atoms with Gasteiger partial charge in [-0.3, -0.25) is 9.69 Å². The average Bonchev–Trinajstić information content (AvgIpc) is 3.45. The lowest BCUT2D eigenvalue weighted by Gasteiger charge is -2.26. The molecule has 182 valence electrons. The number of amides is 1. The molecule has 0 N–H and O–H groups in total. The summed E-state index contributed by atoms with van der Waals surface area (Å²) in [5.41, 5.74) is 3.41. The van der Waals surface area contributed by atoms with Gasteiger partial charge in [0.1, 0.15) is 36.3 Å². The van der Waals surface area contributed by atoms with Gasteiger partial charge in [0.25, 0.3) is 5.91 Å². The number of carbonyl (C=O) groups excluding carboxylic acids is 3. The van der Waals surface area contributed by atoms with Gasteiger partial charge in [0.2, 0.25) is 0 Å². The molecular formula is C28H30N2O5. The van der Waals surface area contributed by atoms with Crippen molar-refractivity contribution in [2.24, 2.45) is 0 Å². The van der Waals surface area contributed by atoms with Crippen molar-refractivity contribution in [1.29, 1.82) is 0 Å². The molecule has 0 spiro atoms. The van der Waals surface area contributed by atoms with Crippen LogP contribution in [0, 0.1) is 0 Å². The van der Waals surface area contributed by atoms with Crippen molar-refractivity contribution in [3.63, 3.8) is 0 Å².